The zero-order valence-corrected chi connectivity index (χ0v) is 16.9. The zero-order valence-electron chi connectivity index (χ0n) is 16.9. The van der Waals surface area contributed by atoms with Gasteiger partial charge in [0.25, 0.3) is 0 Å². The molecule has 3 heterocycles. The largest absolute Gasteiger partial charge is 0.371 e. The second kappa shape index (κ2) is 8.64. The Balaban J connectivity index is 1.26. The first-order valence-electron chi connectivity index (χ1n) is 10.4. The molecule has 0 aliphatic carbocycles. The molecule has 6 nitrogen and oxygen atoms in total. The summed E-state index contributed by atoms with van der Waals surface area (Å²) < 4.78 is 0. The van der Waals surface area contributed by atoms with Gasteiger partial charge in [0.05, 0.1) is 5.92 Å². The first-order valence-corrected chi connectivity index (χ1v) is 10.4. The van der Waals surface area contributed by atoms with Gasteiger partial charge in [-0.25, -0.2) is 0 Å². The second-order valence-electron chi connectivity index (χ2n) is 8.14. The molecule has 1 aromatic carbocycles. The third-order valence-corrected chi connectivity index (χ3v) is 5.92. The normalized spacial score (nSPS) is 20.2. The van der Waals surface area contributed by atoms with E-state index in [-0.39, 0.29) is 23.8 Å². The predicted octanol–water partition coefficient (Wildman–Crippen LogP) is 2.52. The standard InChI is InChI=1S/C23H28N4O2/c1-17-3-2-4-21(13-17)26-11-7-20(8-12-26)25-23(29)19-14-22(28)27(16-19)15-18-5-9-24-10-6-18/h2-6,9-10,13,19-20H,7-8,11-12,14-16H2,1H3,(H,25,29). The van der Waals surface area contributed by atoms with Crippen molar-refractivity contribution in [3.8, 4) is 0 Å². The van der Waals surface area contributed by atoms with Crippen molar-refractivity contribution in [1.82, 2.24) is 15.2 Å². The Morgan fingerprint density at radius 3 is 2.66 bits per heavy atom. The molecule has 0 spiro atoms. The molecule has 1 unspecified atom stereocenters. The number of carbonyl (C=O) groups is 2. The first-order chi connectivity index (χ1) is 14.1. The van der Waals surface area contributed by atoms with Crippen LogP contribution < -0.4 is 10.2 Å². The number of amides is 2. The Morgan fingerprint density at radius 1 is 1.17 bits per heavy atom. The zero-order chi connectivity index (χ0) is 20.2. The first kappa shape index (κ1) is 19.4. The van der Waals surface area contributed by atoms with E-state index in [0.717, 1.165) is 31.5 Å². The average molecular weight is 393 g/mol. The summed E-state index contributed by atoms with van der Waals surface area (Å²) in [6, 6.07) is 12.6. The maximum Gasteiger partial charge on any atom is 0.225 e. The van der Waals surface area contributed by atoms with Crippen LogP contribution in [0.1, 0.15) is 30.4 Å². The molecule has 1 N–H and O–H groups in total. The molecule has 2 aliphatic rings. The van der Waals surface area contributed by atoms with E-state index in [9.17, 15) is 9.59 Å². The molecule has 2 amide bonds. The Kier molecular flexibility index (Phi) is 5.79. The number of benzene rings is 1. The van der Waals surface area contributed by atoms with Crippen LogP contribution in [-0.2, 0) is 16.1 Å². The summed E-state index contributed by atoms with van der Waals surface area (Å²) in [4.78, 5) is 33.2. The van der Waals surface area contributed by atoms with E-state index in [1.807, 2.05) is 12.1 Å². The predicted molar refractivity (Wildman–Crippen MR) is 112 cm³/mol. The van der Waals surface area contributed by atoms with E-state index in [0.29, 0.717) is 19.5 Å². The topological polar surface area (TPSA) is 65.5 Å². The lowest BCUT2D eigenvalue weighted by molar-refractivity contribution is -0.129. The second-order valence-corrected chi connectivity index (χ2v) is 8.14. The van der Waals surface area contributed by atoms with Gasteiger partial charge in [-0.1, -0.05) is 12.1 Å². The Hall–Kier alpha value is -2.89. The van der Waals surface area contributed by atoms with Gasteiger partial charge >= 0.3 is 0 Å². The molecule has 2 saturated heterocycles. The minimum Gasteiger partial charge on any atom is -0.371 e. The number of aryl methyl sites for hydroxylation is 1. The number of rotatable bonds is 5. The van der Waals surface area contributed by atoms with Crippen molar-refractivity contribution in [2.24, 2.45) is 5.92 Å². The highest BCUT2D eigenvalue weighted by Crippen LogP contribution is 2.23. The SMILES string of the molecule is Cc1cccc(N2CCC(NC(=O)C3CC(=O)N(Cc4ccncc4)C3)CC2)c1. The summed E-state index contributed by atoms with van der Waals surface area (Å²) in [6.45, 7) is 5.02. The van der Waals surface area contributed by atoms with E-state index < -0.39 is 0 Å². The van der Waals surface area contributed by atoms with Gasteiger partial charge in [-0.2, -0.15) is 0 Å². The number of pyridine rings is 1. The highest BCUT2D eigenvalue weighted by atomic mass is 16.2. The van der Waals surface area contributed by atoms with Gasteiger partial charge in [0, 0.05) is 56.7 Å². The fourth-order valence-corrected chi connectivity index (χ4v) is 4.23. The van der Waals surface area contributed by atoms with E-state index >= 15 is 0 Å². The number of aromatic nitrogens is 1. The molecule has 0 radical (unpaired) electrons. The molecule has 6 heteroatoms. The van der Waals surface area contributed by atoms with Gasteiger partial charge in [0.15, 0.2) is 0 Å². The fraction of sp³-hybridized carbons (Fsp3) is 0.435. The van der Waals surface area contributed by atoms with Crippen LogP contribution in [0.15, 0.2) is 48.8 Å². The minimum absolute atomic E-state index is 0.0181. The number of likely N-dealkylation sites (tertiary alicyclic amines) is 1. The van der Waals surface area contributed by atoms with Crippen LogP contribution >= 0.6 is 0 Å². The van der Waals surface area contributed by atoms with Crippen molar-refractivity contribution in [3.05, 3.63) is 59.9 Å². The van der Waals surface area contributed by atoms with Crippen molar-refractivity contribution in [3.63, 3.8) is 0 Å². The number of carbonyl (C=O) groups excluding carboxylic acids is 2. The average Bonchev–Trinajstić information content (AvgIpc) is 3.10. The molecular weight excluding hydrogens is 364 g/mol. The van der Waals surface area contributed by atoms with Gasteiger partial charge in [-0.3, -0.25) is 14.6 Å². The fourth-order valence-electron chi connectivity index (χ4n) is 4.23. The van der Waals surface area contributed by atoms with Crippen LogP contribution in [0.25, 0.3) is 0 Å². The summed E-state index contributed by atoms with van der Waals surface area (Å²) in [5.41, 5.74) is 3.56. The molecule has 0 saturated carbocycles. The molecule has 152 valence electrons. The maximum atomic E-state index is 12.7. The number of piperidine rings is 1. The number of anilines is 1. The quantitative estimate of drug-likeness (QED) is 0.849. The van der Waals surface area contributed by atoms with Crippen molar-refractivity contribution >= 4 is 17.5 Å². The van der Waals surface area contributed by atoms with Gasteiger partial charge in [-0.05, 0) is 55.2 Å². The summed E-state index contributed by atoms with van der Waals surface area (Å²) >= 11 is 0. The molecule has 0 bridgehead atoms. The smallest absolute Gasteiger partial charge is 0.225 e. The lowest BCUT2D eigenvalue weighted by Crippen LogP contribution is -2.46. The van der Waals surface area contributed by atoms with Gasteiger partial charge in [0.1, 0.15) is 0 Å². The molecule has 29 heavy (non-hydrogen) atoms. The van der Waals surface area contributed by atoms with E-state index in [1.165, 1.54) is 11.3 Å². The van der Waals surface area contributed by atoms with E-state index in [4.69, 9.17) is 0 Å². The molecule has 2 aromatic rings. The lowest BCUT2D eigenvalue weighted by Gasteiger charge is -2.34. The third-order valence-electron chi connectivity index (χ3n) is 5.92. The number of nitrogens with one attached hydrogen (secondary N) is 1. The molecule has 2 aliphatic heterocycles. The maximum absolute atomic E-state index is 12.7. The highest BCUT2D eigenvalue weighted by molar-refractivity contribution is 5.89. The van der Waals surface area contributed by atoms with Crippen LogP contribution in [0, 0.1) is 12.8 Å². The van der Waals surface area contributed by atoms with Crippen molar-refractivity contribution in [2.75, 3.05) is 24.5 Å². The molecule has 1 aromatic heterocycles. The minimum atomic E-state index is -0.251. The van der Waals surface area contributed by atoms with Gasteiger partial charge in [0.2, 0.25) is 11.8 Å². The Morgan fingerprint density at radius 2 is 1.93 bits per heavy atom. The summed E-state index contributed by atoms with van der Waals surface area (Å²) in [6.07, 6.45) is 5.62. The Labute approximate surface area is 171 Å². The van der Waals surface area contributed by atoms with Crippen molar-refractivity contribution in [2.45, 2.75) is 38.8 Å². The third kappa shape index (κ3) is 4.75. The van der Waals surface area contributed by atoms with Crippen LogP contribution in [0.4, 0.5) is 5.69 Å². The summed E-state index contributed by atoms with van der Waals surface area (Å²) in [7, 11) is 0. The number of nitrogens with zero attached hydrogens (tertiary/aromatic N) is 3. The molecular formula is C23H28N4O2. The number of hydrogen-bond donors (Lipinski definition) is 1. The van der Waals surface area contributed by atoms with Gasteiger partial charge < -0.3 is 15.1 Å². The number of hydrogen-bond acceptors (Lipinski definition) is 4. The monoisotopic (exact) mass is 392 g/mol. The molecule has 4 rings (SSSR count). The van der Waals surface area contributed by atoms with E-state index in [1.54, 1.807) is 17.3 Å². The molecule has 1 atom stereocenters. The van der Waals surface area contributed by atoms with Crippen LogP contribution in [0.3, 0.4) is 0 Å². The Bertz CT molecular complexity index is 862. The van der Waals surface area contributed by atoms with Crippen molar-refractivity contribution in [1.29, 1.82) is 0 Å². The van der Waals surface area contributed by atoms with Crippen LogP contribution in [0.5, 0.6) is 0 Å². The van der Waals surface area contributed by atoms with Crippen LogP contribution in [-0.4, -0.2) is 47.4 Å². The van der Waals surface area contributed by atoms with Crippen molar-refractivity contribution < 1.29 is 9.59 Å². The lowest BCUT2D eigenvalue weighted by atomic mass is 10.0. The highest BCUT2D eigenvalue weighted by Gasteiger charge is 2.35. The van der Waals surface area contributed by atoms with Gasteiger partial charge in [-0.15, -0.1) is 0 Å². The van der Waals surface area contributed by atoms with Crippen LogP contribution in [0.2, 0.25) is 0 Å². The molecule has 2 fully saturated rings. The van der Waals surface area contributed by atoms with E-state index in [2.05, 4.69) is 46.4 Å². The summed E-state index contributed by atoms with van der Waals surface area (Å²) in [5, 5.41) is 3.19. The summed E-state index contributed by atoms with van der Waals surface area (Å²) in [5.74, 6) is -0.181.